The number of fused-ring (bicyclic) bond motifs is 1. The zero-order valence-corrected chi connectivity index (χ0v) is 22.8. The fourth-order valence-corrected chi connectivity index (χ4v) is 4.78. The Morgan fingerprint density at radius 2 is 1.65 bits per heavy atom. The molecule has 1 unspecified atom stereocenters. The maximum atomic E-state index is 13.7. The summed E-state index contributed by atoms with van der Waals surface area (Å²) in [7, 11) is 1.69. The number of carbonyl (C=O) groups is 3. The van der Waals surface area contributed by atoms with E-state index in [2.05, 4.69) is 26.1 Å². The maximum Gasteiger partial charge on any atom is 0.272 e. The van der Waals surface area contributed by atoms with Crippen molar-refractivity contribution in [1.29, 1.82) is 0 Å². The van der Waals surface area contributed by atoms with E-state index in [4.69, 9.17) is 10.7 Å². The smallest absolute Gasteiger partial charge is 0.272 e. The monoisotopic (exact) mass is 504 g/mol. The van der Waals surface area contributed by atoms with E-state index in [-0.39, 0.29) is 23.1 Å². The molecule has 3 rings (SSSR count). The van der Waals surface area contributed by atoms with E-state index in [1.54, 1.807) is 7.05 Å². The molecule has 7 nitrogen and oxygen atoms in total. The lowest BCUT2D eigenvalue weighted by Gasteiger charge is -2.29. The van der Waals surface area contributed by atoms with Gasteiger partial charge in [0, 0.05) is 30.0 Å². The number of para-hydroxylation sites is 1. The molecule has 2 aromatic carbocycles. The first-order chi connectivity index (χ1) is 17.4. The van der Waals surface area contributed by atoms with Gasteiger partial charge in [-0.3, -0.25) is 14.4 Å². The van der Waals surface area contributed by atoms with Crippen LogP contribution in [0.3, 0.4) is 0 Å². The second-order valence-corrected chi connectivity index (χ2v) is 11.5. The van der Waals surface area contributed by atoms with Crippen LogP contribution in [-0.4, -0.2) is 36.6 Å². The molecule has 3 amide bonds. The number of aliphatic imine (C=N–C) groups is 1. The Morgan fingerprint density at radius 1 is 1.03 bits per heavy atom. The van der Waals surface area contributed by atoms with Crippen LogP contribution in [0, 0.1) is 23.2 Å². The number of anilines is 1. The Balaban J connectivity index is 2.00. The molecule has 0 saturated heterocycles. The molecule has 0 aliphatic carbocycles. The first-order valence-corrected chi connectivity index (χ1v) is 13.0. The molecule has 0 aromatic heterocycles. The van der Waals surface area contributed by atoms with E-state index in [0.29, 0.717) is 24.2 Å². The molecular formula is C30H40N4O3. The van der Waals surface area contributed by atoms with Gasteiger partial charge in [0.05, 0.1) is 11.4 Å². The number of hydrogen-bond acceptors (Lipinski definition) is 4. The molecular weight excluding hydrogens is 464 g/mol. The first kappa shape index (κ1) is 28.1. The highest BCUT2D eigenvalue weighted by Gasteiger charge is 2.37. The number of rotatable bonds is 9. The van der Waals surface area contributed by atoms with E-state index in [9.17, 15) is 14.4 Å². The minimum Gasteiger partial charge on any atom is -0.369 e. The molecule has 1 heterocycles. The van der Waals surface area contributed by atoms with Crippen molar-refractivity contribution in [3.05, 3.63) is 65.7 Å². The van der Waals surface area contributed by atoms with E-state index >= 15 is 0 Å². The molecule has 0 spiro atoms. The number of likely N-dealkylation sites (N-methyl/N-ethyl adjacent to an activating group) is 1. The van der Waals surface area contributed by atoms with Gasteiger partial charge in [-0.2, -0.15) is 0 Å². The molecule has 3 atom stereocenters. The highest BCUT2D eigenvalue weighted by Crippen LogP contribution is 2.31. The van der Waals surface area contributed by atoms with Crippen LogP contribution in [0.25, 0.3) is 0 Å². The fourth-order valence-electron chi connectivity index (χ4n) is 4.78. The minimum absolute atomic E-state index is 0.00677. The summed E-state index contributed by atoms with van der Waals surface area (Å²) in [6.45, 7) is 10.3. The van der Waals surface area contributed by atoms with Crippen molar-refractivity contribution in [2.75, 3.05) is 11.9 Å². The predicted molar refractivity (Wildman–Crippen MR) is 148 cm³/mol. The standard InChI is InChI=1S/C30H40N4O3/c1-19(2)18-23(21(26(31)35)16-17-30(3,4)5)28(36)33-27-29(37)34(6)24-15-11-10-14-22(24)25(32-27)20-12-8-7-9-13-20/h7-15,19,21,23,27H,16-18H2,1-6H3,(H2,31,35)(H,33,36)/t21-,23?,27+/m0/s1. The molecule has 3 N–H and O–H groups in total. The van der Waals surface area contributed by atoms with E-state index in [0.717, 1.165) is 17.5 Å². The quantitative estimate of drug-likeness (QED) is 0.524. The van der Waals surface area contributed by atoms with Crippen molar-refractivity contribution < 1.29 is 14.4 Å². The molecule has 7 heteroatoms. The highest BCUT2D eigenvalue weighted by molar-refractivity contribution is 6.20. The number of primary amides is 1. The minimum atomic E-state index is -1.13. The van der Waals surface area contributed by atoms with Crippen LogP contribution in [0.1, 0.15) is 65.0 Å². The van der Waals surface area contributed by atoms with Crippen LogP contribution in [0.4, 0.5) is 5.69 Å². The lowest BCUT2D eigenvalue weighted by atomic mass is 9.78. The van der Waals surface area contributed by atoms with E-state index in [1.165, 1.54) is 4.90 Å². The first-order valence-electron chi connectivity index (χ1n) is 13.0. The largest absolute Gasteiger partial charge is 0.369 e. The van der Waals surface area contributed by atoms with Gasteiger partial charge in [0.25, 0.3) is 5.91 Å². The van der Waals surface area contributed by atoms with Gasteiger partial charge in [-0.25, -0.2) is 4.99 Å². The third kappa shape index (κ3) is 7.06. The molecule has 1 aliphatic heterocycles. The van der Waals surface area contributed by atoms with Gasteiger partial charge in [0.1, 0.15) is 0 Å². The number of nitrogens with one attached hydrogen (secondary N) is 1. The number of nitrogens with two attached hydrogens (primary N) is 1. The fraction of sp³-hybridized carbons (Fsp3) is 0.467. The molecule has 0 radical (unpaired) electrons. The van der Waals surface area contributed by atoms with Gasteiger partial charge >= 0.3 is 0 Å². The molecule has 0 fully saturated rings. The second-order valence-electron chi connectivity index (χ2n) is 11.5. The molecule has 0 saturated carbocycles. The number of benzodiazepines with no additional fused rings is 1. The summed E-state index contributed by atoms with van der Waals surface area (Å²) in [5.41, 5.74) is 8.80. The third-order valence-electron chi connectivity index (χ3n) is 6.79. The van der Waals surface area contributed by atoms with Gasteiger partial charge in [0.15, 0.2) is 0 Å². The number of hydrogen-bond donors (Lipinski definition) is 2. The number of benzene rings is 2. The second kappa shape index (κ2) is 11.7. The van der Waals surface area contributed by atoms with Crippen LogP contribution >= 0.6 is 0 Å². The van der Waals surface area contributed by atoms with Crippen LogP contribution in [0.15, 0.2) is 59.6 Å². The Morgan fingerprint density at radius 3 is 2.24 bits per heavy atom. The highest BCUT2D eigenvalue weighted by atomic mass is 16.2. The van der Waals surface area contributed by atoms with Crippen molar-refractivity contribution in [3.8, 4) is 0 Å². The number of carbonyl (C=O) groups excluding carboxylic acids is 3. The molecule has 1 aliphatic rings. The predicted octanol–water partition coefficient (Wildman–Crippen LogP) is 4.53. The summed E-state index contributed by atoms with van der Waals surface area (Å²) >= 11 is 0. The van der Waals surface area contributed by atoms with Crippen molar-refractivity contribution in [1.82, 2.24) is 5.32 Å². The Labute approximate surface area is 220 Å². The summed E-state index contributed by atoms with van der Waals surface area (Å²) in [6, 6.07) is 17.2. The summed E-state index contributed by atoms with van der Waals surface area (Å²) < 4.78 is 0. The van der Waals surface area contributed by atoms with E-state index < -0.39 is 23.9 Å². The van der Waals surface area contributed by atoms with Gasteiger partial charge < -0.3 is 16.0 Å². The zero-order valence-electron chi connectivity index (χ0n) is 22.8. The average Bonchev–Trinajstić information content (AvgIpc) is 2.93. The average molecular weight is 505 g/mol. The SMILES string of the molecule is CC(C)CC(C(=O)N[C@H]1N=C(c2ccccc2)c2ccccc2N(C)C1=O)[C@H](CCC(C)(C)C)C(N)=O. The molecule has 198 valence electrons. The van der Waals surface area contributed by atoms with Gasteiger partial charge in [-0.1, -0.05) is 83.1 Å². The summed E-state index contributed by atoms with van der Waals surface area (Å²) in [6.07, 6.45) is 0.604. The van der Waals surface area contributed by atoms with Crippen molar-refractivity contribution >= 4 is 29.1 Å². The van der Waals surface area contributed by atoms with Crippen LogP contribution < -0.4 is 16.0 Å². The molecule has 2 aromatic rings. The van der Waals surface area contributed by atoms with Crippen molar-refractivity contribution in [2.24, 2.45) is 33.9 Å². The summed E-state index contributed by atoms with van der Waals surface area (Å²) in [4.78, 5) is 46.1. The molecule has 0 bridgehead atoms. The van der Waals surface area contributed by atoms with Gasteiger partial charge in [-0.05, 0) is 36.7 Å². The number of amides is 3. The van der Waals surface area contributed by atoms with Gasteiger partial charge in [0.2, 0.25) is 18.0 Å². The Bertz CT molecular complexity index is 1150. The number of nitrogens with zero attached hydrogens (tertiary/aromatic N) is 2. The van der Waals surface area contributed by atoms with E-state index in [1.807, 2.05) is 68.4 Å². The Kier molecular flexibility index (Phi) is 8.89. The maximum absolute atomic E-state index is 13.7. The summed E-state index contributed by atoms with van der Waals surface area (Å²) in [5, 5.41) is 2.89. The molecule has 37 heavy (non-hydrogen) atoms. The van der Waals surface area contributed by atoms with Crippen LogP contribution in [-0.2, 0) is 14.4 Å². The zero-order chi connectivity index (χ0) is 27.3. The third-order valence-corrected chi connectivity index (χ3v) is 6.79. The summed E-state index contributed by atoms with van der Waals surface area (Å²) in [5.74, 6) is -2.34. The van der Waals surface area contributed by atoms with Crippen molar-refractivity contribution in [2.45, 2.75) is 60.0 Å². The van der Waals surface area contributed by atoms with Gasteiger partial charge in [-0.15, -0.1) is 0 Å². The van der Waals surface area contributed by atoms with Crippen molar-refractivity contribution in [3.63, 3.8) is 0 Å². The van der Waals surface area contributed by atoms with Crippen LogP contribution in [0.2, 0.25) is 0 Å². The normalized spacial score (nSPS) is 17.5. The Hall–Kier alpha value is -3.48. The topological polar surface area (TPSA) is 105 Å². The lowest BCUT2D eigenvalue weighted by molar-refractivity contribution is -0.136. The lowest BCUT2D eigenvalue weighted by Crippen LogP contribution is -2.50. The van der Waals surface area contributed by atoms with Crippen LogP contribution in [0.5, 0.6) is 0 Å².